The molecule has 1 fully saturated rings. The molecule has 5 heteroatoms. The molecule has 1 N–H and O–H groups in total. The average Bonchev–Trinajstić information content (AvgIpc) is 2.65. The van der Waals surface area contributed by atoms with Crippen molar-refractivity contribution in [1.82, 2.24) is 15.4 Å². The molecule has 0 bridgehead atoms. The van der Waals surface area contributed by atoms with Gasteiger partial charge in [-0.25, -0.2) is 0 Å². The fourth-order valence-corrected chi connectivity index (χ4v) is 1.50. The van der Waals surface area contributed by atoms with E-state index in [1.165, 1.54) is 0 Å². The van der Waals surface area contributed by atoms with E-state index < -0.39 is 0 Å². The minimum absolute atomic E-state index is 0.0386. The lowest BCUT2D eigenvalue weighted by Crippen LogP contribution is -2.46. The Balaban J connectivity index is 2.07. The average molecular weight is 195 g/mol. The number of aryl methyl sites for hydroxylation is 1. The maximum absolute atomic E-state index is 11.8. The van der Waals surface area contributed by atoms with Crippen LogP contribution in [0.1, 0.15) is 16.2 Å². The van der Waals surface area contributed by atoms with Gasteiger partial charge in [0.15, 0.2) is 5.69 Å². The molecule has 1 saturated heterocycles. The van der Waals surface area contributed by atoms with Crippen LogP contribution in [0, 0.1) is 6.92 Å². The van der Waals surface area contributed by atoms with Crippen molar-refractivity contribution in [2.45, 2.75) is 6.92 Å². The number of piperazine rings is 1. The van der Waals surface area contributed by atoms with Crippen molar-refractivity contribution in [3.63, 3.8) is 0 Å². The summed E-state index contributed by atoms with van der Waals surface area (Å²) in [5.41, 5.74) is 0.407. The largest absolute Gasteiger partial charge is 0.361 e. The van der Waals surface area contributed by atoms with Crippen LogP contribution in [0.4, 0.5) is 0 Å². The first-order valence-corrected chi connectivity index (χ1v) is 4.70. The maximum atomic E-state index is 11.8. The molecule has 0 spiro atoms. The molecular weight excluding hydrogens is 182 g/mol. The predicted octanol–water partition coefficient (Wildman–Crippen LogP) is 0.0284. The summed E-state index contributed by atoms with van der Waals surface area (Å²) in [6.07, 6.45) is 0. The van der Waals surface area contributed by atoms with E-state index in [9.17, 15) is 4.79 Å². The van der Waals surface area contributed by atoms with Gasteiger partial charge in [-0.15, -0.1) is 0 Å². The zero-order valence-corrected chi connectivity index (χ0v) is 8.12. The van der Waals surface area contributed by atoms with Crippen LogP contribution >= 0.6 is 0 Å². The van der Waals surface area contributed by atoms with Crippen molar-refractivity contribution in [2.75, 3.05) is 26.2 Å². The van der Waals surface area contributed by atoms with Crippen LogP contribution in [0.5, 0.6) is 0 Å². The van der Waals surface area contributed by atoms with Gasteiger partial charge in [-0.1, -0.05) is 5.16 Å². The molecule has 14 heavy (non-hydrogen) atoms. The summed E-state index contributed by atoms with van der Waals surface area (Å²) in [6, 6.07) is 1.67. The molecule has 1 aliphatic heterocycles. The topological polar surface area (TPSA) is 58.4 Å². The third-order valence-electron chi connectivity index (χ3n) is 2.25. The molecule has 0 atom stereocenters. The van der Waals surface area contributed by atoms with Gasteiger partial charge in [0, 0.05) is 32.2 Å². The Hall–Kier alpha value is -1.36. The summed E-state index contributed by atoms with van der Waals surface area (Å²) < 4.78 is 4.86. The van der Waals surface area contributed by atoms with Crippen molar-refractivity contribution >= 4 is 5.91 Å². The van der Waals surface area contributed by atoms with Gasteiger partial charge in [0.2, 0.25) is 0 Å². The summed E-state index contributed by atoms with van der Waals surface area (Å²) in [4.78, 5) is 13.6. The van der Waals surface area contributed by atoms with E-state index in [1.807, 2.05) is 0 Å². The number of carbonyl (C=O) groups excluding carboxylic acids is 1. The lowest BCUT2D eigenvalue weighted by molar-refractivity contribution is 0.0725. The molecular formula is C9H13N3O2. The standard InChI is InChI=1S/C9H13N3O2/c1-7-6-8(11-14-7)9(13)12-4-2-10-3-5-12/h6,10H,2-5H2,1H3. The van der Waals surface area contributed by atoms with E-state index in [1.54, 1.807) is 17.9 Å². The van der Waals surface area contributed by atoms with Crippen molar-refractivity contribution in [2.24, 2.45) is 0 Å². The zero-order valence-electron chi connectivity index (χ0n) is 8.12. The first kappa shape index (κ1) is 9.21. The quantitative estimate of drug-likeness (QED) is 0.686. The van der Waals surface area contributed by atoms with Crippen molar-refractivity contribution in [1.29, 1.82) is 0 Å². The third kappa shape index (κ3) is 1.77. The number of hydrogen-bond acceptors (Lipinski definition) is 4. The highest BCUT2D eigenvalue weighted by Crippen LogP contribution is 2.06. The van der Waals surface area contributed by atoms with Gasteiger partial charge in [-0.3, -0.25) is 4.79 Å². The molecule has 2 rings (SSSR count). The Labute approximate surface area is 82.1 Å². The molecule has 1 aliphatic rings. The Kier molecular flexibility index (Phi) is 2.49. The highest BCUT2D eigenvalue weighted by atomic mass is 16.5. The van der Waals surface area contributed by atoms with Crippen molar-refractivity contribution < 1.29 is 9.32 Å². The molecule has 5 nitrogen and oxygen atoms in total. The van der Waals surface area contributed by atoms with Gasteiger partial charge in [0.1, 0.15) is 5.76 Å². The highest BCUT2D eigenvalue weighted by Gasteiger charge is 2.20. The number of nitrogens with zero attached hydrogens (tertiary/aromatic N) is 2. The van der Waals surface area contributed by atoms with Gasteiger partial charge >= 0.3 is 0 Å². The lowest BCUT2D eigenvalue weighted by atomic mass is 10.3. The van der Waals surface area contributed by atoms with Crippen LogP contribution in [-0.2, 0) is 0 Å². The molecule has 76 valence electrons. The van der Waals surface area contributed by atoms with Crippen molar-refractivity contribution in [3.8, 4) is 0 Å². The Morgan fingerprint density at radius 2 is 2.29 bits per heavy atom. The fraction of sp³-hybridized carbons (Fsp3) is 0.556. The molecule has 1 aromatic rings. The summed E-state index contributed by atoms with van der Waals surface area (Å²) >= 11 is 0. The summed E-state index contributed by atoms with van der Waals surface area (Å²) in [5.74, 6) is 0.631. The number of carbonyl (C=O) groups is 1. The van der Waals surface area contributed by atoms with Crippen LogP contribution in [0.3, 0.4) is 0 Å². The lowest BCUT2D eigenvalue weighted by Gasteiger charge is -2.26. The van der Waals surface area contributed by atoms with Crippen LogP contribution in [0.2, 0.25) is 0 Å². The van der Waals surface area contributed by atoms with Gasteiger partial charge in [-0.2, -0.15) is 0 Å². The number of hydrogen-bond donors (Lipinski definition) is 1. The fourth-order valence-electron chi connectivity index (χ4n) is 1.50. The van der Waals surface area contributed by atoms with Crippen LogP contribution in [-0.4, -0.2) is 42.1 Å². The van der Waals surface area contributed by atoms with Crippen molar-refractivity contribution in [3.05, 3.63) is 17.5 Å². The van der Waals surface area contributed by atoms with E-state index in [-0.39, 0.29) is 5.91 Å². The Bertz CT molecular complexity index is 329. The highest BCUT2D eigenvalue weighted by molar-refractivity contribution is 5.92. The van der Waals surface area contributed by atoms with Crippen LogP contribution in [0.25, 0.3) is 0 Å². The number of nitrogens with one attached hydrogen (secondary N) is 1. The minimum Gasteiger partial charge on any atom is -0.361 e. The molecule has 0 aromatic carbocycles. The van der Waals surface area contributed by atoms with Crippen LogP contribution in [0.15, 0.2) is 10.6 Å². The molecule has 0 radical (unpaired) electrons. The number of aromatic nitrogens is 1. The molecule has 0 unspecified atom stereocenters. The van der Waals surface area contributed by atoms with E-state index in [2.05, 4.69) is 10.5 Å². The maximum Gasteiger partial charge on any atom is 0.276 e. The SMILES string of the molecule is Cc1cc(C(=O)N2CCNCC2)no1. The molecule has 1 aromatic heterocycles. The Morgan fingerprint density at radius 1 is 1.57 bits per heavy atom. The molecule has 0 saturated carbocycles. The summed E-state index contributed by atoms with van der Waals surface area (Å²) in [5, 5.41) is 6.89. The van der Waals surface area contributed by atoms with Gasteiger partial charge in [0.25, 0.3) is 5.91 Å². The first-order chi connectivity index (χ1) is 6.77. The van der Waals surface area contributed by atoms with Crippen LogP contribution < -0.4 is 5.32 Å². The van der Waals surface area contributed by atoms with E-state index in [0.717, 1.165) is 26.2 Å². The van der Waals surface area contributed by atoms with Gasteiger partial charge in [-0.05, 0) is 6.92 Å². The smallest absolute Gasteiger partial charge is 0.276 e. The molecule has 0 aliphatic carbocycles. The zero-order chi connectivity index (χ0) is 9.97. The second kappa shape index (κ2) is 3.79. The predicted molar refractivity (Wildman–Crippen MR) is 50.0 cm³/mol. The van der Waals surface area contributed by atoms with E-state index in [0.29, 0.717) is 11.5 Å². The third-order valence-corrected chi connectivity index (χ3v) is 2.25. The second-order valence-electron chi connectivity index (χ2n) is 3.37. The Morgan fingerprint density at radius 3 is 2.86 bits per heavy atom. The number of rotatable bonds is 1. The minimum atomic E-state index is -0.0386. The van der Waals surface area contributed by atoms with E-state index >= 15 is 0 Å². The summed E-state index contributed by atoms with van der Waals surface area (Å²) in [7, 11) is 0. The molecule has 2 heterocycles. The molecule has 1 amide bonds. The monoisotopic (exact) mass is 195 g/mol. The number of amides is 1. The van der Waals surface area contributed by atoms with Gasteiger partial charge < -0.3 is 14.7 Å². The normalized spacial score (nSPS) is 17.1. The first-order valence-electron chi connectivity index (χ1n) is 4.70. The summed E-state index contributed by atoms with van der Waals surface area (Å²) in [6.45, 7) is 4.96. The second-order valence-corrected chi connectivity index (χ2v) is 3.37. The van der Waals surface area contributed by atoms with Gasteiger partial charge in [0.05, 0.1) is 0 Å². The van der Waals surface area contributed by atoms with E-state index in [4.69, 9.17) is 4.52 Å².